The normalized spacial score (nSPS) is 12.1. The number of nitrogens with zero attached hydrogens (tertiary/aromatic N) is 1. The summed E-state index contributed by atoms with van der Waals surface area (Å²) in [5.74, 6) is 0. The van der Waals surface area contributed by atoms with Gasteiger partial charge in [-0.3, -0.25) is 4.99 Å². The Bertz CT molecular complexity index is 378. The van der Waals surface area contributed by atoms with Gasteiger partial charge in [0.25, 0.3) is 0 Å². The summed E-state index contributed by atoms with van der Waals surface area (Å²) in [6.07, 6.45) is 3.04. The highest BCUT2D eigenvalue weighted by atomic mass is 14.8. The molecule has 1 N–H and O–H groups in total. The van der Waals surface area contributed by atoms with Crippen molar-refractivity contribution < 1.29 is 0 Å². The number of aliphatic imine (C=N–C) groups is 1. The Morgan fingerprint density at radius 1 is 1.38 bits per heavy atom. The van der Waals surface area contributed by atoms with Gasteiger partial charge in [-0.2, -0.15) is 0 Å². The maximum atomic E-state index is 4.10. The number of hydrogen-bond donors (Lipinski definition) is 1. The van der Waals surface area contributed by atoms with E-state index in [0.29, 0.717) is 0 Å². The van der Waals surface area contributed by atoms with Crippen molar-refractivity contribution in [2.24, 2.45) is 4.99 Å². The summed E-state index contributed by atoms with van der Waals surface area (Å²) in [5, 5.41) is 3.19. The van der Waals surface area contributed by atoms with Crippen molar-refractivity contribution in [3.05, 3.63) is 29.3 Å². The lowest BCUT2D eigenvalue weighted by molar-refractivity contribution is 0.506. The zero-order valence-electron chi connectivity index (χ0n) is 11.0. The van der Waals surface area contributed by atoms with Crippen LogP contribution in [0.4, 0.5) is 5.69 Å². The molecule has 2 heteroatoms. The summed E-state index contributed by atoms with van der Waals surface area (Å²) in [4.78, 5) is 4.10. The van der Waals surface area contributed by atoms with E-state index in [4.69, 9.17) is 0 Å². The molecule has 16 heavy (non-hydrogen) atoms. The molecular formula is C14H22N2. The molecule has 0 heterocycles. The molecule has 0 aromatic heterocycles. The first kappa shape index (κ1) is 12.8. The SMILES string of the molecule is CCC(C)(C)c1ccc(NC)c(C=NC)c1. The van der Waals surface area contributed by atoms with E-state index < -0.39 is 0 Å². The highest BCUT2D eigenvalue weighted by Gasteiger charge is 2.18. The van der Waals surface area contributed by atoms with E-state index in [1.54, 1.807) is 7.05 Å². The molecule has 1 rings (SSSR count). The zero-order valence-corrected chi connectivity index (χ0v) is 11.0. The van der Waals surface area contributed by atoms with Gasteiger partial charge in [0, 0.05) is 31.6 Å². The minimum Gasteiger partial charge on any atom is -0.388 e. The van der Waals surface area contributed by atoms with Gasteiger partial charge in [-0.25, -0.2) is 0 Å². The molecule has 0 atom stereocenters. The van der Waals surface area contributed by atoms with Gasteiger partial charge in [0.05, 0.1) is 0 Å². The quantitative estimate of drug-likeness (QED) is 0.769. The van der Waals surface area contributed by atoms with Gasteiger partial charge in [-0.1, -0.05) is 26.8 Å². The molecule has 0 aliphatic rings. The Morgan fingerprint density at radius 2 is 2.06 bits per heavy atom. The molecule has 1 aromatic carbocycles. The Balaban J connectivity index is 3.21. The van der Waals surface area contributed by atoms with Crippen LogP contribution in [0, 0.1) is 0 Å². The molecule has 0 aliphatic heterocycles. The summed E-state index contributed by atoms with van der Waals surface area (Å²) >= 11 is 0. The van der Waals surface area contributed by atoms with Crippen molar-refractivity contribution >= 4 is 11.9 Å². The average Bonchev–Trinajstić information content (AvgIpc) is 2.29. The topological polar surface area (TPSA) is 24.4 Å². The molecule has 0 fully saturated rings. The van der Waals surface area contributed by atoms with E-state index in [2.05, 4.69) is 49.3 Å². The number of anilines is 1. The van der Waals surface area contributed by atoms with Gasteiger partial charge in [-0.05, 0) is 29.5 Å². The van der Waals surface area contributed by atoms with E-state index in [0.717, 1.165) is 17.7 Å². The Morgan fingerprint density at radius 3 is 2.56 bits per heavy atom. The lowest BCUT2D eigenvalue weighted by Gasteiger charge is -2.24. The van der Waals surface area contributed by atoms with Crippen molar-refractivity contribution in [3.63, 3.8) is 0 Å². The second kappa shape index (κ2) is 5.15. The zero-order chi connectivity index (χ0) is 12.2. The van der Waals surface area contributed by atoms with Crippen molar-refractivity contribution in [2.45, 2.75) is 32.6 Å². The molecule has 88 valence electrons. The highest BCUT2D eigenvalue weighted by Crippen LogP contribution is 2.29. The first-order valence-corrected chi connectivity index (χ1v) is 5.79. The van der Waals surface area contributed by atoms with E-state index >= 15 is 0 Å². The van der Waals surface area contributed by atoms with E-state index in [-0.39, 0.29) is 5.41 Å². The molecule has 0 aliphatic carbocycles. The smallest absolute Gasteiger partial charge is 0.0426 e. The number of hydrogen-bond acceptors (Lipinski definition) is 2. The van der Waals surface area contributed by atoms with E-state index in [1.807, 2.05) is 13.3 Å². The Labute approximate surface area is 98.8 Å². The van der Waals surface area contributed by atoms with Crippen LogP contribution >= 0.6 is 0 Å². The molecule has 2 nitrogen and oxygen atoms in total. The minimum absolute atomic E-state index is 0.225. The third kappa shape index (κ3) is 2.63. The lowest BCUT2D eigenvalue weighted by atomic mass is 9.81. The van der Waals surface area contributed by atoms with Crippen LogP contribution in [0.1, 0.15) is 38.3 Å². The molecule has 0 radical (unpaired) electrons. The van der Waals surface area contributed by atoms with Crippen molar-refractivity contribution in [1.29, 1.82) is 0 Å². The monoisotopic (exact) mass is 218 g/mol. The second-order valence-corrected chi connectivity index (χ2v) is 4.68. The van der Waals surface area contributed by atoms with Crippen molar-refractivity contribution in [2.75, 3.05) is 19.4 Å². The molecule has 0 saturated carbocycles. The predicted molar refractivity (Wildman–Crippen MR) is 72.8 cm³/mol. The minimum atomic E-state index is 0.225. The maximum absolute atomic E-state index is 4.10. The van der Waals surface area contributed by atoms with Crippen LogP contribution in [0.2, 0.25) is 0 Å². The third-order valence-electron chi connectivity index (χ3n) is 3.25. The molecule has 0 saturated heterocycles. The summed E-state index contributed by atoms with van der Waals surface area (Å²) < 4.78 is 0. The van der Waals surface area contributed by atoms with Crippen LogP contribution in [0.25, 0.3) is 0 Å². The number of nitrogens with one attached hydrogen (secondary N) is 1. The van der Waals surface area contributed by atoms with Crippen LogP contribution in [-0.4, -0.2) is 20.3 Å². The Kier molecular flexibility index (Phi) is 4.11. The summed E-state index contributed by atoms with van der Waals surface area (Å²) in [6.45, 7) is 6.77. The highest BCUT2D eigenvalue weighted by molar-refractivity contribution is 5.88. The molecule has 1 aromatic rings. The van der Waals surface area contributed by atoms with Crippen molar-refractivity contribution in [1.82, 2.24) is 0 Å². The van der Waals surface area contributed by atoms with Crippen LogP contribution < -0.4 is 5.32 Å². The first-order chi connectivity index (χ1) is 7.55. The summed E-state index contributed by atoms with van der Waals surface area (Å²) in [7, 11) is 3.74. The maximum Gasteiger partial charge on any atom is 0.0426 e. The van der Waals surface area contributed by atoms with Gasteiger partial charge in [0.2, 0.25) is 0 Å². The predicted octanol–water partition coefficient (Wildman–Crippen LogP) is 3.46. The number of benzene rings is 1. The fourth-order valence-electron chi connectivity index (χ4n) is 1.66. The summed E-state index contributed by atoms with van der Waals surface area (Å²) in [6, 6.07) is 6.55. The molecule has 0 bridgehead atoms. The van der Waals surface area contributed by atoms with E-state index in [9.17, 15) is 0 Å². The summed E-state index contributed by atoms with van der Waals surface area (Å²) in [5.41, 5.74) is 3.87. The Hall–Kier alpha value is -1.31. The largest absolute Gasteiger partial charge is 0.388 e. The standard InChI is InChI=1S/C14H22N2/c1-6-14(2,3)12-7-8-13(16-5)11(9-12)10-15-4/h7-10,16H,6H2,1-5H3. The van der Waals surface area contributed by atoms with Gasteiger partial charge in [0.15, 0.2) is 0 Å². The van der Waals surface area contributed by atoms with Gasteiger partial charge in [-0.15, -0.1) is 0 Å². The van der Waals surface area contributed by atoms with Gasteiger partial charge in [0.1, 0.15) is 0 Å². The van der Waals surface area contributed by atoms with Gasteiger partial charge < -0.3 is 5.32 Å². The molecule has 0 unspecified atom stereocenters. The fraction of sp³-hybridized carbons (Fsp3) is 0.500. The number of rotatable bonds is 4. The lowest BCUT2D eigenvalue weighted by Crippen LogP contribution is -2.16. The van der Waals surface area contributed by atoms with Gasteiger partial charge >= 0.3 is 0 Å². The van der Waals surface area contributed by atoms with Crippen molar-refractivity contribution in [3.8, 4) is 0 Å². The average molecular weight is 218 g/mol. The first-order valence-electron chi connectivity index (χ1n) is 5.79. The fourth-order valence-corrected chi connectivity index (χ4v) is 1.66. The van der Waals surface area contributed by atoms with Crippen LogP contribution in [0.15, 0.2) is 23.2 Å². The molecule has 0 spiro atoms. The molecule has 0 amide bonds. The second-order valence-electron chi connectivity index (χ2n) is 4.68. The van der Waals surface area contributed by atoms with E-state index in [1.165, 1.54) is 5.56 Å². The van der Waals surface area contributed by atoms with Crippen LogP contribution in [0.5, 0.6) is 0 Å². The molecular weight excluding hydrogens is 196 g/mol. The van der Waals surface area contributed by atoms with Crippen LogP contribution in [0.3, 0.4) is 0 Å². The third-order valence-corrected chi connectivity index (χ3v) is 3.25. The van der Waals surface area contributed by atoms with Crippen LogP contribution in [-0.2, 0) is 5.41 Å².